The van der Waals surface area contributed by atoms with Gasteiger partial charge in [0.2, 0.25) is 5.88 Å². The lowest BCUT2D eigenvalue weighted by atomic mass is 10.1. The van der Waals surface area contributed by atoms with Gasteiger partial charge in [-0.2, -0.15) is 0 Å². The van der Waals surface area contributed by atoms with Crippen LogP contribution in [-0.4, -0.2) is 33.6 Å². The first-order valence-electron chi connectivity index (χ1n) is 5.91. The summed E-state index contributed by atoms with van der Waals surface area (Å²) in [5.41, 5.74) is -1.05. The molecule has 6 nitrogen and oxygen atoms in total. The molecular weight excluding hydrogens is 248 g/mol. The van der Waals surface area contributed by atoms with Gasteiger partial charge in [0.1, 0.15) is 5.54 Å². The summed E-state index contributed by atoms with van der Waals surface area (Å²) < 4.78 is 5.35. The molecule has 0 bridgehead atoms. The van der Waals surface area contributed by atoms with Crippen molar-refractivity contribution >= 4 is 11.9 Å². The van der Waals surface area contributed by atoms with Gasteiger partial charge in [0, 0.05) is 12.3 Å². The highest BCUT2D eigenvalue weighted by molar-refractivity contribution is 5.97. The van der Waals surface area contributed by atoms with E-state index >= 15 is 0 Å². The van der Waals surface area contributed by atoms with Gasteiger partial charge >= 0.3 is 5.97 Å². The molecule has 1 heterocycles. The predicted octanol–water partition coefficient (Wildman–Crippen LogP) is 1.46. The van der Waals surface area contributed by atoms with Crippen molar-refractivity contribution < 1.29 is 19.4 Å². The van der Waals surface area contributed by atoms with E-state index in [1.54, 1.807) is 6.07 Å². The van der Waals surface area contributed by atoms with Gasteiger partial charge in [0.05, 0.1) is 11.7 Å². The summed E-state index contributed by atoms with van der Waals surface area (Å²) >= 11 is 0. The van der Waals surface area contributed by atoms with Crippen molar-refractivity contribution in [3.05, 3.63) is 23.9 Å². The van der Waals surface area contributed by atoms with Gasteiger partial charge < -0.3 is 15.2 Å². The number of aliphatic carboxylic acids is 1. The Balaban J connectivity index is 2.76. The molecule has 0 fully saturated rings. The van der Waals surface area contributed by atoms with Crippen molar-refractivity contribution in [3.8, 4) is 5.88 Å². The van der Waals surface area contributed by atoms with E-state index in [1.807, 2.05) is 13.8 Å². The van der Waals surface area contributed by atoms with Crippen LogP contribution in [0.3, 0.4) is 0 Å². The Morgan fingerprint density at radius 3 is 2.42 bits per heavy atom. The molecule has 0 saturated carbocycles. The molecule has 1 amide bonds. The van der Waals surface area contributed by atoms with Gasteiger partial charge in [0.25, 0.3) is 5.91 Å². The van der Waals surface area contributed by atoms with E-state index in [9.17, 15) is 9.59 Å². The van der Waals surface area contributed by atoms with E-state index < -0.39 is 17.4 Å². The highest BCUT2D eigenvalue weighted by Crippen LogP contribution is 2.11. The topological polar surface area (TPSA) is 88.5 Å². The number of nitrogens with one attached hydrogen (secondary N) is 1. The molecule has 6 heteroatoms. The number of aromatic nitrogens is 1. The summed E-state index contributed by atoms with van der Waals surface area (Å²) in [6.45, 7) is 6.57. The lowest BCUT2D eigenvalue weighted by molar-refractivity contribution is -0.143. The van der Waals surface area contributed by atoms with E-state index in [-0.39, 0.29) is 11.7 Å². The average Bonchev–Trinajstić information content (AvgIpc) is 2.28. The van der Waals surface area contributed by atoms with E-state index in [4.69, 9.17) is 9.84 Å². The van der Waals surface area contributed by atoms with Crippen molar-refractivity contribution in [3.63, 3.8) is 0 Å². The summed E-state index contributed by atoms with van der Waals surface area (Å²) in [6, 6.07) is 3.11. The van der Waals surface area contributed by atoms with E-state index in [0.717, 1.165) is 0 Å². The number of pyridine rings is 1. The van der Waals surface area contributed by atoms with Crippen LogP contribution in [0, 0.1) is 0 Å². The highest BCUT2D eigenvalue weighted by atomic mass is 16.5. The fourth-order valence-electron chi connectivity index (χ4n) is 1.24. The summed E-state index contributed by atoms with van der Waals surface area (Å²) in [4.78, 5) is 26.7. The molecule has 0 saturated heterocycles. The van der Waals surface area contributed by atoms with Crippen molar-refractivity contribution in [2.45, 2.75) is 39.3 Å². The minimum Gasteiger partial charge on any atom is -0.480 e. The standard InChI is InChI=1S/C13H18N2O4/c1-8(2)19-10-6-5-9(7-14-10)11(16)15-13(3,4)12(17)18/h5-8H,1-4H3,(H,15,16)(H,17,18). The van der Waals surface area contributed by atoms with Crippen molar-refractivity contribution in [2.75, 3.05) is 0 Å². The van der Waals surface area contributed by atoms with Crippen LogP contribution in [0.15, 0.2) is 18.3 Å². The highest BCUT2D eigenvalue weighted by Gasteiger charge is 2.29. The van der Waals surface area contributed by atoms with E-state index in [0.29, 0.717) is 5.88 Å². The monoisotopic (exact) mass is 266 g/mol. The maximum absolute atomic E-state index is 11.8. The minimum atomic E-state index is -1.33. The largest absolute Gasteiger partial charge is 0.480 e. The van der Waals surface area contributed by atoms with Crippen molar-refractivity contribution in [1.29, 1.82) is 0 Å². The molecule has 0 radical (unpaired) electrons. The van der Waals surface area contributed by atoms with Gasteiger partial charge in [-0.15, -0.1) is 0 Å². The number of rotatable bonds is 5. The van der Waals surface area contributed by atoms with Crippen LogP contribution >= 0.6 is 0 Å². The first kappa shape index (κ1) is 14.9. The van der Waals surface area contributed by atoms with Crippen LogP contribution in [0.1, 0.15) is 38.1 Å². The van der Waals surface area contributed by atoms with E-state index in [1.165, 1.54) is 26.1 Å². The molecule has 1 aromatic rings. The number of carbonyl (C=O) groups excluding carboxylic acids is 1. The van der Waals surface area contributed by atoms with E-state index in [2.05, 4.69) is 10.3 Å². The third-order valence-corrected chi connectivity index (χ3v) is 2.32. The zero-order chi connectivity index (χ0) is 14.6. The fourth-order valence-corrected chi connectivity index (χ4v) is 1.24. The number of hydrogen-bond acceptors (Lipinski definition) is 4. The Hall–Kier alpha value is -2.11. The molecule has 104 valence electrons. The van der Waals surface area contributed by atoms with Crippen molar-refractivity contribution in [1.82, 2.24) is 10.3 Å². The van der Waals surface area contributed by atoms with Gasteiger partial charge in [-0.25, -0.2) is 9.78 Å². The Morgan fingerprint density at radius 2 is 2.00 bits per heavy atom. The third kappa shape index (κ3) is 4.24. The smallest absolute Gasteiger partial charge is 0.328 e. The minimum absolute atomic E-state index is 0.00174. The number of nitrogens with zero attached hydrogens (tertiary/aromatic N) is 1. The number of carbonyl (C=O) groups is 2. The number of amides is 1. The second-order valence-electron chi connectivity index (χ2n) is 4.94. The third-order valence-electron chi connectivity index (χ3n) is 2.32. The summed E-state index contributed by atoms with van der Waals surface area (Å²) in [7, 11) is 0. The first-order chi connectivity index (χ1) is 8.72. The Morgan fingerprint density at radius 1 is 1.37 bits per heavy atom. The molecule has 19 heavy (non-hydrogen) atoms. The maximum Gasteiger partial charge on any atom is 0.328 e. The quantitative estimate of drug-likeness (QED) is 0.842. The molecule has 0 aromatic carbocycles. The summed E-state index contributed by atoms with van der Waals surface area (Å²) in [5, 5.41) is 11.3. The number of ether oxygens (including phenoxy) is 1. The summed E-state index contributed by atoms with van der Waals surface area (Å²) in [6.07, 6.45) is 1.35. The first-order valence-corrected chi connectivity index (χ1v) is 5.91. The molecule has 0 aliphatic carbocycles. The fraction of sp³-hybridized carbons (Fsp3) is 0.462. The molecule has 1 aromatic heterocycles. The lowest BCUT2D eigenvalue weighted by Gasteiger charge is -2.20. The average molecular weight is 266 g/mol. The van der Waals surface area contributed by atoms with Gasteiger partial charge in [0.15, 0.2) is 0 Å². The molecule has 0 unspecified atom stereocenters. The number of hydrogen-bond donors (Lipinski definition) is 2. The molecular formula is C13H18N2O4. The SMILES string of the molecule is CC(C)Oc1ccc(C(=O)NC(C)(C)C(=O)O)cn1. The van der Waals surface area contributed by atoms with Crippen LogP contribution in [0.25, 0.3) is 0 Å². The second-order valence-corrected chi connectivity index (χ2v) is 4.94. The Kier molecular flexibility index (Phi) is 4.47. The molecule has 0 aliphatic rings. The molecule has 1 rings (SSSR count). The van der Waals surface area contributed by atoms with Crippen LogP contribution in [0.4, 0.5) is 0 Å². The molecule has 0 spiro atoms. The zero-order valence-corrected chi connectivity index (χ0v) is 11.4. The molecule has 2 N–H and O–H groups in total. The van der Waals surface area contributed by atoms with Gasteiger partial charge in [-0.05, 0) is 33.8 Å². The van der Waals surface area contributed by atoms with Crippen LogP contribution < -0.4 is 10.1 Å². The zero-order valence-electron chi connectivity index (χ0n) is 11.4. The second kappa shape index (κ2) is 5.69. The van der Waals surface area contributed by atoms with Gasteiger partial charge in [-0.3, -0.25) is 4.79 Å². The van der Waals surface area contributed by atoms with Gasteiger partial charge in [-0.1, -0.05) is 0 Å². The van der Waals surface area contributed by atoms with Crippen LogP contribution in [0.2, 0.25) is 0 Å². The van der Waals surface area contributed by atoms with Crippen molar-refractivity contribution in [2.24, 2.45) is 0 Å². The predicted molar refractivity (Wildman–Crippen MR) is 69.2 cm³/mol. The number of carboxylic acids is 1. The normalized spacial score (nSPS) is 11.2. The summed E-state index contributed by atoms with van der Waals surface area (Å²) in [5.74, 6) is -1.17. The van der Waals surface area contributed by atoms with Crippen LogP contribution in [0.5, 0.6) is 5.88 Å². The van der Waals surface area contributed by atoms with Crippen LogP contribution in [-0.2, 0) is 4.79 Å². The Bertz CT molecular complexity index is 466. The Labute approximate surface area is 111 Å². The molecule has 0 aliphatic heterocycles. The lowest BCUT2D eigenvalue weighted by Crippen LogP contribution is -2.49. The molecule has 0 atom stereocenters. The number of carboxylic acid groups (broad SMARTS) is 1. The maximum atomic E-state index is 11.8.